The minimum absolute atomic E-state index is 0.0694. The Hall–Kier alpha value is -9.75. The van der Waals surface area contributed by atoms with E-state index in [1.807, 2.05) is 179 Å². The molecule has 12 aromatic rings. The molecule has 0 aliphatic carbocycles. The summed E-state index contributed by atoms with van der Waals surface area (Å²) >= 11 is 0. The second-order valence-corrected chi connectivity index (χ2v) is 24.6. The van der Waals surface area contributed by atoms with Crippen molar-refractivity contribution in [2.45, 2.75) is 101 Å². The van der Waals surface area contributed by atoms with Crippen molar-refractivity contribution in [1.82, 2.24) is 70.3 Å². The summed E-state index contributed by atoms with van der Waals surface area (Å²) in [6.45, 7) is 8.20. The van der Waals surface area contributed by atoms with Gasteiger partial charge in [-0.3, -0.25) is 9.59 Å². The first-order chi connectivity index (χ1) is 45.6. The second kappa shape index (κ2) is 27.2. The van der Waals surface area contributed by atoms with Crippen LogP contribution in [0.5, 0.6) is 0 Å². The van der Waals surface area contributed by atoms with E-state index in [1.54, 1.807) is 0 Å². The maximum atomic E-state index is 13.6. The zero-order valence-electron chi connectivity index (χ0n) is 51.9. The molecule has 4 aliphatic rings. The number of imidazole rings is 4. The van der Waals surface area contributed by atoms with Crippen LogP contribution in [0.25, 0.3) is 90.1 Å². The van der Waals surface area contributed by atoms with Gasteiger partial charge in [0.05, 0.1) is 83.6 Å². The minimum atomic E-state index is -0.213. The van der Waals surface area contributed by atoms with Gasteiger partial charge in [-0.05, 0) is 161 Å². The molecule has 0 saturated carbocycles. The van der Waals surface area contributed by atoms with Gasteiger partial charge in [-0.1, -0.05) is 84.9 Å². The summed E-state index contributed by atoms with van der Waals surface area (Å²) in [6.07, 6.45) is 15.8. The quantitative estimate of drug-likeness (QED) is 0.0438. The monoisotopic (exact) mass is 1250 g/mol. The molecule has 93 heavy (non-hydrogen) atoms. The molecule has 0 radical (unpaired) electrons. The number of aromatic nitrogens is 10. The first-order valence-corrected chi connectivity index (χ1v) is 32.9. The predicted molar refractivity (Wildman–Crippen MR) is 362 cm³/mol. The number of nitrogens with zero attached hydrogens (tertiary/aromatic N) is 8. The normalized spacial score (nSPS) is 18.5. The van der Waals surface area contributed by atoms with Crippen molar-refractivity contribution in [3.05, 3.63) is 205 Å². The van der Waals surface area contributed by atoms with Gasteiger partial charge in [0.2, 0.25) is 23.6 Å². The van der Waals surface area contributed by atoms with Gasteiger partial charge in [-0.25, -0.2) is 29.9 Å². The fraction of sp³-hybridized carbons (Fsp3) is 0.278. The van der Waals surface area contributed by atoms with Crippen molar-refractivity contribution in [3.8, 4) is 67.9 Å². The van der Waals surface area contributed by atoms with Crippen LogP contribution in [-0.2, 0) is 14.3 Å². The van der Waals surface area contributed by atoms with E-state index in [9.17, 15) is 9.59 Å². The summed E-state index contributed by atoms with van der Waals surface area (Å²) in [5.41, 5.74) is 14.8. The number of rotatable bonds is 14. The number of likely N-dealkylation sites (tertiary alicyclic amines) is 2. The number of hydrogen-bond acceptors (Lipinski definition) is 13. The van der Waals surface area contributed by atoms with Gasteiger partial charge in [-0.15, -0.1) is 0 Å². The van der Waals surface area contributed by atoms with Crippen molar-refractivity contribution < 1.29 is 23.1 Å². The SMILES string of the molecule is C[C@@H](C(=O)N1CCCC1c1ncc(-c2ccc3oc(-c4ccc(-c5cnc([C@@H]6CCCN6C(=O)[C@H](C)c6ccccc6)[nH]5)cc4)nc3c2)[nH]1)c1ccccc1.O=BP.c1cc2oc(-c3ccc(-c4cnc([C@@H]5CCCN5)[nH]4)cc3)nc2cc1-c1cnc(C2CCCN2)[nH]1. The number of hydrogen-bond donors (Lipinski definition) is 6. The summed E-state index contributed by atoms with van der Waals surface area (Å²) in [5.74, 6) is 4.63. The van der Waals surface area contributed by atoms with Gasteiger partial charge in [0.15, 0.2) is 11.2 Å². The van der Waals surface area contributed by atoms with Gasteiger partial charge in [-0.2, -0.15) is 0 Å². The Morgan fingerprint density at radius 3 is 1.22 bits per heavy atom. The number of nitrogens with one attached hydrogen (secondary N) is 6. The van der Waals surface area contributed by atoms with Crippen molar-refractivity contribution in [1.29, 1.82) is 0 Å². The summed E-state index contributed by atoms with van der Waals surface area (Å²) in [7, 11) is 1.90. The summed E-state index contributed by atoms with van der Waals surface area (Å²) < 4.78 is 21.0. The number of oxazole rings is 2. The van der Waals surface area contributed by atoms with E-state index in [0.29, 0.717) is 36.3 Å². The van der Waals surface area contributed by atoms with Gasteiger partial charge in [0.25, 0.3) is 0 Å². The molecule has 4 aliphatic heterocycles. The van der Waals surface area contributed by atoms with Crippen LogP contribution >= 0.6 is 9.12 Å². The van der Waals surface area contributed by atoms with Gasteiger partial charge in [0, 0.05) is 35.3 Å². The van der Waals surface area contributed by atoms with Crippen LogP contribution in [0.15, 0.2) is 179 Å². The van der Waals surface area contributed by atoms with Crippen LogP contribution in [0.4, 0.5) is 0 Å². The molecule has 468 valence electrons. The third kappa shape index (κ3) is 13.0. The molecule has 0 spiro atoms. The minimum Gasteiger partial charge on any atom is -0.436 e. The van der Waals surface area contributed by atoms with Crippen molar-refractivity contribution >= 4 is 50.0 Å². The topological polar surface area (TPSA) is 249 Å². The van der Waals surface area contributed by atoms with E-state index < -0.39 is 0 Å². The Bertz CT molecular complexity index is 4550. The molecule has 0 bridgehead atoms. The Balaban J connectivity index is 0.000000169. The molecule has 4 fully saturated rings. The summed E-state index contributed by atoms with van der Waals surface area (Å²) in [4.78, 5) is 73.2. The molecule has 2 amide bonds. The molecule has 16 rings (SSSR count). The number of amides is 2. The first kappa shape index (κ1) is 60.8. The molecular formula is C72H72BN14O5P. The molecule has 6 aromatic carbocycles. The predicted octanol–water partition coefficient (Wildman–Crippen LogP) is 14.2. The average Bonchev–Trinajstić information content (AvgIpc) is 1.82. The maximum Gasteiger partial charge on any atom is 0.227 e. The van der Waals surface area contributed by atoms with Crippen molar-refractivity contribution in [2.24, 2.45) is 0 Å². The van der Waals surface area contributed by atoms with Crippen LogP contribution in [0.3, 0.4) is 0 Å². The molecule has 10 heterocycles. The zero-order chi connectivity index (χ0) is 63.4. The smallest absolute Gasteiger partial charge is 0.227 e. The van der Waals surface area contributed by atoms with E-state index in [1.165, 1.54) is 12.8 Å². The van der Waals surface area contributed by atoms with Gasteiger partial charge in [0.1, 0.15) is 34.3 Å². The van der Waals surface area contributed by atoms with Crippen LogP contribution in [0.1, 0.15) is 136 Å². The van der Waals surface area contributed by atoms with Crippen LogP contribution in [0.2, 0.25) is 0 Å². The Labute approximate surface area is 540 Å². The Morgan fingerprint density at radius 2 is 0.828 bits per heavy atom. The molecular weight excluding hydrogens is 1180 g/mol. The number of fused-ring (bicyclic) bond motifs is 2. The standard InChI is InChI=1S/C45H43N7O3.C27H27N7O.BH2OP/c1-28(30-11-5-3-6-12-30)44(53)51-23-9-15-38(51)41-46-26-36(48-41)32-17-19-33(20-18-32)43-50-35-25-34(21-22-40(35)55-43)37-27-47-42(49-37)39-16-10-24-52(39)45(54)29(2)31-13-7-4-8-14-31;1-3-19(28-11-1)25-30-14-22(32-25)16-5-7-17(8-6-16)27-34-21-13-18(9-10-24(21)35-27)23-15-31-26(33-23)20-4-2-12-29-20;2-1-3/h3-8,11-14,17-22,25-29,38-39H,9-10,15-16,23-24H2,1-2H3,(H,46,48)(H,47,49);5-10,13-15,19-20,28-29H,1-4,11-12H2,(H,30,32)(H,31,33);3H2/t28-,29-,38+,39?;19-,20?;/m10./s1. The maximum absolute atomic E-state index is 13.6. The van der Waals surface area contributed by atoms with Gasteiger partial charge < -0.3 is 49.2 Å². The Kier molecular flexibility index (Phi) is 17.8. The van der Waals surface area contributed by atoms with E-state index in [-0.39, 0.29) is 35.7 Å². The Morgan fingerprint density at radius 1 is 0.473 bits per heavy atom. The summed E-state index contributed by atoms with van der Waals surface area (Å²) in [5, 5.41) is 6.97. The van der Waals surface area contributed by atoms with E-state index in [0.717, 1.165) is 172 Å². The van der Waals surface area contributed by atoms with Crippen LogP contribution in [0, 0.1) is 0 Å². The third-order valence-electron chi connectivity index (χ3n) is 18.5. The van der Waals surface area contributed by atoms with Gasteiger partial charge >= 0.3 is 20.7 Å². The number of H-pyrrole nitrogens is 4. The van der Waals surface area contributed by atoms with Crippen molar-refractivity contribution in [3.63, 3.8) is 0 Å². The molecule has 19 nitrogen and oxygen atoms in total. The molecule has 6 aromatic heterocycles. The number of carbonyl (C=O) groups excluding carboxylic acids is 2. The molecule has 7 atom stereocenters. The number of benzene rings is 6. The average molecular weight is 1260 g/mol. The molecule has 21 heteroatoms. The largest absolute Gasteiger partial charge is 0.436 e. The number of aromatic amines is 4. The second-order valence-electron chi connectivity index (χ2n) is 24.4. The van der Waals surface area contributed by atoms with E-state index in [4.69, 9.17) is 33.5 Å². The zero-order valence-corrected chi connectivity index (χ0v) is 53.0. The first-order valence-electron chi connectivity index (χ1n) is 32.2. The fourth-order valence-electron chi connectivity index (χ4n) is 13.4. The van der Waals surface area contributed by atoms with E-state index in [2.05, 4.69) is 64.8 Å². The molecule has 3 unspecified atom stereocenters. The van der Waals surface area contributed by atoms with Crippen LogP contribution in [-0.4, -0.2) is 105 Å². The fourth-order valence-corrected chi connectivity index (χ4v) is 13.4. The third-order valence-corrected chi connectivity index (χ3v) is 18.5. The van der Waals surface area contributed by atoms with Crippen LogP contribution < -0.4 is 10.6 Å². The number of carbonyl (C=O) groups is 2. The van der Waals surface area contributed by atoms with E-state index >= 15 is 0 Å². The van der Waals surface area contributed by atoms with Crippen molar-refractivity contribution in [2.75, 3.05) is 26.2 Å². The molecule has 6 N–H and O–H groups in total. The molecule has 4 saturated heterocycles. The summed E-state index contributed by atoms with van der Waals surface area (Å²) in [6, 6.07) is 48.8.